The highest BCUT2D eigenvalue weighted by Crippen LogP contribution is 2.32. The second-order valence-electron chi connectivity index (χ2n) is 14.0. The molecule has 0 unspecified atom stereocenters. The Morgan fingerprint density at radius 3 is 1.64 bits per heavy atom. The molecular formula is C38H44Cl4IN11O4. The van der Waals surface area contributed by atoms with Crippen molar-refractivity contribution < 1.29 is 19.1 Å². The van der Waals surface area contributed by atoms with Gasteiger partial charge in [0.25, 0.3) is 0 Å². The van der Waals surface area contributed by atoms with Crippen LogP contribution in [0.15, 0.2) is 48.8 Å². The molecule has 2 atom stereocenters. The Hall–Kier alpha value is -3.97. The van der Waals surface area contributed by atoms with Gasteiger partial charge in [-0.05, 0) is 74.6 Å². The summed E-state index contributed by atoms with van der Waals surface area (Å²) in [5, 5.41) is 18.7. The van der Waals surface area contributed by atoms with Gasteiger partial charge in [-0.25, -0.2) is 0 Å². The van der Waals surface area contributed by atoms with E-state index >= 15 is 0 Å². The highest BCUT2D eigenvalue weighted by atomic mass is 127. The Kier molecular flexibility index (Phi) is 14.2. The van der Waals surface area contributed by atoms with Gasteiger partial charge in [-0.3, -0.25) is 19.0 Å². The van der Waals surface area contributed by atoms with Crippen molar-refractivity contribution in [1.82, 2.24) is 44.4 Å². The van der Waals surface area contributed by atoms with Crippen molar-refractivity contribution >= 4 is 92.2 Å². The van der Waals surface area contributed by atoms with Gasteiger partial charge < -0.3 is 29.1 Å². The molecule has 0 N–H and O–H groups in total. The third-order valence-corrected chi connectivity index (χ3v) is 12.9. The molecule has 310 valence electrons. The number of carbonyl (C=O) groups is 2. The van der Waals surface area contributed by atoms with Gasteiger partial charge in [-0.15, -0.1) is 5.10 Å². The Labute approximate surface area is 370 Å². The molecule has 2 aliphatic rings. The lowest BCUT2D eigenvalue weighted by molar-refractivity contribution is -0.135. The van der Waals surface area contributed by atoms with Crippen molar-refractivity contribution in [3.05, 3.63) is 84.0 Å². The largest absolute Gasteiger partial charge is 0.495 e. The highest BCUT2D eigenvalue weighted by molar-refractivity contribution is 14.1. The standard InChI is InChI=1S/C20H23Cl2N7O2.C18H21Cl2IN4O2/c1-13-11-26(15-4-5-16(21)17(10-15)31-3)8-9-27(13)18(30)12-29-14(2)19(22)20(24-29)28-7-6-23-25-28;1-11-9-23(13-4-5-14(19)15(8-13)27-3)6-7-24(11)16(26)10-25-12(2)17(20)18(21)22-25/h4-7,10,13H,8-9,11-12H2,1-3H3;4-5,8,11H,6-7,9-10H2,1-3H3/t13-;11-/m00/s1. The molecule has 2 aromatic carbocycles. The van der Waals surface area contributed by atoms with Crippen LogP contribution in [-0.4, -0.2) is 122 Å². The molecule has 0 aliphatic carbocycles. The Balaban J connectivity index is 0.000000198. The fraction of sp³-hybridized carbons (Fsp3) is 0.421. The van der Waals surface area contributed by atoms with E-state index in [2.05, 4.69) is 59.8 Å². The lowest BCUT2D eigenvalue weighted by Crippen LogP contribution is -2.54. The fourth-order valence-electron chi connectivity index (χ4n) is 7.02. The minimum Gasteiger partial charge on any atom is -0.495 e. The summed E-state index contributed by atoms with van der Waals surface area (Å²) < 4.78 is 16.1. The average molecular weight is 988 g/mol. The van der Waals surface area contributed by atoms with E-state index in [-0.39, 0.29) is 37.0 Å². The molecule has 58 heavy (non-hydrogen) atoms. The van der Waals surface area contributed by atoms with Crippen LogP contribution in [0.1, 0.15) is 25.2 Å². The Morgan fingerprint density at radius 1 is 0.741 bits per heavy atom. The van der Waals surface area contributed by atoms with E-state index < -0.39 is 0 Å². The molecule has 0 saturated carbocycles. The Bertz CT molecular complexity index is 2250. The van der Waals surface area contributed by atoms with E-state index in [0.29, 0.717) is 73.0 Å². The van der Waals surface area contributed by atoms with E-state index in [4.69, 9.17) is 55.9 Å². The topological polar surface area (TPSA) is 132 Å². The molecule has 20 heteroatoms. The van der Waals surface area contributed by atoms with E-state index in [1.165, 1.54) is 4.68 Å². The van der Waals surface area contributed by atoms with E-state index in [1.54, 1.807) is 36.0 Å². The van der Waals surface area contributed by atoms with Crippen LogP contribution in [0.5, 0.6) is 11.5 Å². The van der Waals surface area contributed by atoms with Gasteiger partial charge in [0, 0.05) is 74.9 Å². The average Bonchev–Trinajstić information content (AvgIpc) is 3.91. The van der Waals surface area contributed by atoms with Gasteiger partial charge in [-0.1, -0.05) is 51.6 Å². The van der Waals surface area contributed by atoms with Crippen LogP contribution in [0.4, 0.5) is 11.4 Å². The monoisotopic (exact) mass is 985 g/mol. The fourth-order valence-corrected chi connectivity index (χ4v) is 8.42. The number of anilines is 2. The van der Waals surface area contributed by atoms with Crippen LogP contribution in [-0.2, 0) is 22.7 Å². The van der Waals surface area contributed by atoms with Crippen molar-refractivity contribution in [2.45, 2.75) is 52.9 Å². The molecule has 0 spiro atoms. The molecule has 2 fully saturated rings. The number of carbonyl (C=O) groups excluding carboxylic acids is 2. The summed E-state index contributed by atoms with van der Waals surface area (Å²) >= 11 is 26.9. The number of hydrogen-bond donors (Lipinski definition) is 0. The van der Waals surface area contributed by atoms with E-state index in [1.807, 2.05) is 67.0 Å². The number of aromatic nitrogens is 7. The predicted molar refractivity (Wildman–Crippen MR) is 234 cm³/mol. The van der Waals surface area contributed by atoms with Crippen molar-refractivity contribution in [3.63, 3.8) is 0 Å². The third kappa shape index (κ3) is 9.56. The zero-order valence-corrected chi connectivity index (χ0v) is 38.1. The van der Waals surface area contributed by atoms with Crippen LogP contribution < -0.4 is 19.3 Å². The first-order valence-electron chi connectivity index (χ1n) is 18.4. The molecule has 2 amide bonds. The van der Waals surface area contributed by atoms with Crippen molar-refractivity contribution in [3.8, 4) is 17.3 Å². The number of rotatable bonds is 9. The Morgan fingerprint density at radius 2 is 1.22 bits per heavy atom. The van der Waals surface area contributed by atoms with Crippen molar-refractivity contribution in [2.24, 2.45) is 0 Å². The van der Waals surface area contributed by atoms with E-state index in [0.717, 1.165) is 30.2 Å². The number of piperazine rings is 2. The summed E-state index contributed by atoms with van der Waals surface area (Å²) in [6.45, 7) is 12.3. The molecule has 2 aliphatic heterocycles. The molecule has 2 saturated heterocycles. The summed E-state index contributed by atoms with van der Waals surface area (Å²) in [6.07, 6.45) is 3.21. The van der Waals surface area contributed by atoms with Gasteiger partial charge in [0.15, 0.2) is 5.82 Å². The van der Waals surface area contributed by atoms with Crippen molar-refractivity contribution in [2.75, 3.05) is 63.3 Å². The first kappa shape index (κ1) is 43.6. The molecule has 5 heterocycles. The summed E-state index contributed by atoms with van der Waals surface area (Å²) in [7, 11) is 3.21. The van der Waals surface area contributed by atoms with Crippen LogP contribution in [0.3, 0.4) is 0 Å². The smallest absolute Gasteiger partial charge is 0.244 e. The number of ether oxygens (including phenoxy) is 2. The van der Waals surface area contributed by atoms with Crippen molar-refractivity contribution in [1.29, 1.82) is 0 Å². The first-order valence-corrected chi connectivity index (χ1v) is 21.0. The second kappa shape index (κ2) is 19.0. The SMILES string of the molecule is COc1cc(N2CCN(C(=O)Cn3nc(-n4ccnn4)c(Cl)c3C)[C@@H](C)C2)ccc1Cl.COc1cc(N2CCN(C(=O)Cn3nc(I)c(Cl)c3C)[C@@H](C)C2)ccc1Cl. The summed E-state index contributed by atoms with van der Waals surface area (Å²) in [4.78, 5) is 34.1. The number of halogens is 5. The number of methoxy groups -OCH3 is 2. The third-order valence-electron chi connectivity index (χ3n) is 10.3. The summed E-state index contributed by atoms with van der Waals surface area (Å²) in [5.41, 5.74) is 3.58. The highest BCUT2D eigenvalue weighted by Gasteiger charge is 2.30. The molecule has 5 aromatic rings. The van der Waals surface area contributed by atoms with Gasteiger partial charge in [0.2, 0.25) is 11.8 Å². The number of hydrogen-bond acceptors (Lipinski definition) is 10. The predicted octanol–water partition coefficient (Wildman–Crippen LogP) is 6.67. The number of nitrogens with zero attached hydrogens (tertiary/aromatic N) is 11. The van der Waals surface area contributed by atoms with Gasteiger partial charge in [0.05, 0.1) is 53.1 Å². The van der Waals surface area contributed by atoms with Gasteiger partial charge in [0.1, 0.15) is 33.3 Å². The van der Waals surface area contributed by atoms with Crippen LogP contribution in [0.2, 0.25) is 20.1 Å². The maximum atomic E-state index is 13.1. The maximum absolute atomic E-state index is 13.1. The molecule has 0 bridgehead atoms. The number of amides is 2. The summed E-state index contributed by atoms with van der Waals surface area (Å²) in [6, 6.07) is 11.6. The molecule has 0 radical (unpaired) electrons. The summed E-state index contributed by atoms with van der Waals surface area (Å²) in [5.74, 6) is 1.79. The first-order chi connectivity index (χ1) is 27.7. The van der Waals surface area contributed by atoms with E-state index in [9.17, 15) is 9.59 Å². The van der Waals surface area contributed by atoms with Crippen LogP contribution in [0, 0.1) is 17.5 Å². The zero-order valence-electron chi connectivity index (χ0n) is 32.9. The van der Waals surface area contributed by atoms with Crippen LogP contribution in [0.25, 0.3) is 5.82 Å². The molecular weight excluding hydrogens is 943 g/mol. The normalized spacial score (nSPS) is 16.9. The van der Waals surface area contributed by atoms with Crippen LogP contribution >= 0.6 is 69.0 Å². The second-order valence-corrected chi connectivity index (χ2v) is 16.6. The lowest BCUT2D eigenvalue weighted by atomic mass is 10.1. The number of benzene rings is 2. The molecule has 15 nitrogen and oxygen atoms in total. The minimum atomic E-state index is -0.00626. The maximum Gasteiger partial charge on any atom is 0.244 e. The van der Waals surface area contributed by atoms with Gasteiger partial charge in [-0.2, -0.15) is 14.9 Å². The molecule has 7 rings (SSSR count). The molecule has 3 aromatic heterocycles. The lowest BCUT2D eigenvalue weighted by Gasteiger charge is -2.41. The minimum absolute atomic E-state index is 0.00626. The zero-order chi connectivity index (χ0) is 41.8. The van der Waals surface area contributed by atoms with Gasteiger partial charge >= 0.3 is 0 Å². The quantitative estimate of drug-likeness (QED) is 0.148.